The van der Waals surface area contributed by atoms with Crippen molar-refractivity contribution >= 4 is 11.9 Å². The zero-order chi connectivity index (χ0) is 40.2. The van der Waals surface area contributed by atoms with Crippen LogP contribution in [0.3, 0.4) is 0 Å². The predicted molar refractivity (Wildman–Crippen MR) is 219 cm³/mol. The molecule has 0 saturated carbocycles. The smallest absolute Gasteiger partial charge is 0.306 e. The molecular weight excluding hydrogens is 700 g/mol. The Bertz CT molecular complexity index is 996. The summed E-state index contributed by atoms with van der Waals surface area (Å²) in [6.45, 7) is 3.35. The Morgan fingerprint density at radius 2 is 1.04 bits per heavy atom. The van der Waals surface area contributed by atoms with E-state index < -0.39 is 49.4 Å². The van der Waals surface area contributed by atoms with Gasteiger partial charge in [0.05, 0.1) is 13.2 Å². The number of hydrogen-bond acceptors (Lipinski definition) is 10. The van der Waals surface area contributed by atoms with Crippen LogP contribution < -0.4 is 0 Å². The lowest BCUT2D eigenvalue weighted by Crippen LogP contribution is -2.59. The van der Waals surface area contributed by atoms with E-state index in [1.54, 1.807) is 0 Å². The van der Waals surface area contributed by atoms with Crippen LogP contribution in [-0.4, -0.2) is 89.0 Å². The molecule has 4 N–H and O–H groups in total. The third-order valence-electron chi connectivity index (χ3n) is 10.00. The average molecular weight is 781 g/mol. The van der Waals surface area contributed by atoms with Crippen molar-refractivity contribution in [2.75, 3.05) is 19.8 Å². The molecule has 0 aromatic carbocycles. The van der Waals surface area contributed by atoms with E-state index in [4.69, 9.17) is 18.9 Å². The highest BCUT2D eigenvalue weighted by atomic mass is 16.7. The Morgan fingerprint density at radius 1 is 0.564 bits per heavy atom. The molecule has 1 rings (SSSR count). The molecule has 55 heavy (non-hydrogen) atoms. The highest BCUT2D eigenvalue weighted by Crippen LogP contribution is 2.22. The van der Waals surface area contributed by atoms with Crippen LogP contribution in [0.1, 0.15) is 181 Å². The fourth-order valence-electron chi connectivity index (χ4n) is 6.43. The van der Waals surface area contributed by atoms with Crippen LogP contribution in [0.15, 0.2) is 36.5 Å². The minimum atomic E-state index is -1.60. The molecule has 0 aromatic heterocycles. The molecule has 1 aliphatic heterocycles. The van der Waals surface area contributed by atoms with E-state index in [0.717, 1.165) is 77.0 Å². The van der Waals surface area contributed by atoms with Gasteiger partial charge in [0.2, 0.25) is 0 Å². The number of unbranched alkanes of at least 4 members (excludes halogenated alkanes) is 19. The maximum atomic E-state index is 12.7. The molecule has 1 fully saturated rings. The summed E-state index contributed by atoms with van der Waals surface area (Å²) in [6.07, 6.45) is 32.9. The second-order valence-electron chi connectivity index (χ2n) is 15.1. The molecule has 0 radical (unpaired) electrons. The highest BCUT2D eigenvalue weighted by Gasteiger charge is 2.44. The molecular formula is C45H80O10. The summed E-state index contributed by atoms with van der Waals surface area (Å²) in [6, 6.07) is 0. The van der Waals surface area contributed by atoms with Crippen LogP contribution in [0.5, 0.6) is 0 Å². The first-order chi connectivity index (χ1) is 26.8. The van der Waals surface area contributed by atoms with E-state index in [-0.39, 0.29) is 32.0 Å². The van der Waals surface area contributed by atoms with Crippen LogP contribution in [0.4, 0.5) is 0 Å². The minimum absolute atomic E-state index is 0.212. The van der Waals surface area contributed by atoms with Crippen LogP contribution in [0.2, 0.25) is 0 Å². The highest BCUT2D eigenvalue weighted by molar-refractivity contribution is 5.70. The summed E-state index contributed by atoms with van der Waals surface area (Å²) in [5.41, 5.74) is 0. The van der Waals surface area contributed by atoms with Crippen molar-refractivity contribution in [1.29, 1.82) is 0 Å². The van der Waals surface area contributed by atoms with Crippen LogP contribution in [-0.2, 0) is 28.5 Å². The minimum Gasteiger partial charge on any atom is -0.462 e. The van der Waals surface area contributed by atoms with Crippen molar-refractivity contribution < 1.29 is 49.0 Å². The number of rotatable bonds is 36. The molecule has 1 aliphatic rings. The van der Waals surface area contributed by atoms with Gasteiger partial charge in [-0.15, -0.1) is 0 Å². The van der Waals surface area contributed by atoms with E-state index in [1.165, 1.54) is 64.2 Å². The number of aliphatic hydroxyl groups excluding tert-OH is 4. The third kappa shape index (κ3) is 28.0. The normalized spacial score (nSPS) is 20.9. The van der Waals surface area contributed by atoms with Crippen molar-refractivity contribution in [3.05, 3.63) is 36.5 Å². The molecule has 0 bridgehead atoms. The van der Waals surface area contributed by atoms with Gasteiger partial charge in [0.1, 0.15) is 31.0 Å². The van der Waals surface area contributed by atoms with Crippen LogP contribution in [0, 0.1) is 0 Å². The Morgan fingerprint density at radius 3 is 1.58 bits per heavy atom. The molecule has 6 atom stereocenters. The largest absolute Gasteiger partial charge is 0.462 e. The van der Waals surface area contributed by atoms with Crippen molar-refractivity contribution in [3.8, 4) is 0 Å². The summed E-state index contributed by atoms with van der Waals surface area (Å²) >= 11 is 0. The fourth-order valence-corrected chi connectivity index (χ4v) is 6.43. The first-order valence-corrected chi connectivity index (χ1v) is 22.1. The SMILES string of the molecule is CCCC/C=C\C/C=C\CCCCCCCC(=O)OC(COC(=O)CCCCCCC/C=C\CCCCCCCCC)COC1OC(CO)C(O)C(O)C1O. The van der Waals surface area contributed by atoms with Gasteiger partial charge in [-0.1, -0.05) is 140 Å². The lowest BCUT2D eigenvalue weighted by molar-refractivity contribution is -0.305. The third-order valence-corrected chi connectivity index (χ3v) is 10.00. The Hall–Kier alpha value is -2.08. The lowest BCUT2D eigenvalue weighted by atomic mass is 9.99. The van der Waals surface area contributed by atoms with Gasteiger partial charge in [0.25, 0.3) is 0 Å². The van der Waals surface area contributed by atoms with E-state index in [9.17, 15) is 30.0 Å². The van der Waals surface area contributed by atoms with Gasteiger partial charge in [-0.25, -0.2) is 0 Å². The second kappa shape index (κ2) is 36.3. The van der Waals surface area contributed by atoms with Gasteiger partial charge in [-0.3, -0.25) is 9.59 Å². The van der Waals surface area contributed by atoms with E-state index >= 15 is 0 Å². The summed E-state index contributed by atoms with van der Waals surface area (Å²) in [4.78, 5) is 25.3. The van der Waals surface area contributed by atoms with Crippen molar-refractivity contribution in [2.24, 2.45) is 0 Å². The zero-order valence-corrected chi connectivity index (χ0v) is 34.7. The standard InChI is InChI=1S/C45H80O10/c1-3-5-7-9-11-13-15-17-19-20-22-23-25-27-29-31-33-40(47)52-36-38(37-53-45-44(51)43(50)42(49)39(35-46)55-45)54-41(48)34-32-30-28-26-24-21-18-16-14-12-10-8-6-4-2/h10,12,16,18-20,38-39,42-46,49-51H,3-9,11,13-15,17,21-37H2,1-2H3/b12-10-,18-16-,20-19-. The maximum Gasteiger partial charge on any atom is 0.306 e. The number of ether oxygens (including phenoxy) is 4. The Balaban J connectivity index is 2.35. The molecule has 0 aromatic rings. The van der Waals surface area contributed by atoms with Gasteiger partial charge < -0.3 is 39.4 Å². The average Bonchev–Trinajstić information content (AvgIpc) is 3.18. The van der Waals surface area contributed by atoms with Gasteiger partial charge >= 0.3 is 11.9 Å². The number of hydrogen-bond donors (Lipinski definition) is 4. The second-order valence-corrected chi connectivity index (χ2v) is 15.1. The molecule has 320 valence electrons. The number of allylic oxidation sites excluding steroid dienone is 6. The molecule has 10 nitrogen and oxygen atoms in total. The molecule has 1 heterocycles. The molecule has 0 aliphatic carbocycles. The topological polar surface area (TPSA) is 152 Å². The number of esters is 2. The fraction of sp³-hybridized carbons (Fsp3) is 0.822. The summed E-state index contributed by atoms with van der Waals surface area (Å²) in [5, 5.41) is 40.0. The van der Waals surface area contributed by atoms with E-state index in [1.807, 2.05) is 0 Å². The van der Waals surface area contributed by atoms with E-state index in [0.29, 0.717) is 12.8 Å². The quantitative estimate of drug-likeness (QED) is 0.0275. The number of carbonyl (C=O) groups is 2. The predicted octanol–water partition coefficient (Wildman–Crippen LogP) is 9.11. The molecule has 0 amide bonds. The van der Waals surface area contributed by atoms with Gasteiger partial charge in [-0.05, 0) is 64.2 Å². The number of aliphatic hydroxyl groups is 4. The van der Waals surface area contributed by atoms with Gasteiger partial charge in [-0.2, -0.15) is 0 Å². The first kappa shape index (κ1) is 50.9. The van der Waals surface area contributed by atoms with Gasteiger partial charge in [0.15, 0.2) is 12.4 Å². The molecule has 10 heteroatoms. The summed E-state index contributed by atoms with van der Waals surface area (Å²) < 4.78 is 22.1. The van der Waals surface area contributed by atoms with Gasteiger partial charge in [0, 0.05) is 12.8 Å². The Labute approximate surface area is 334 Å². The number of carbonyl (C=O) groups excluding carboxylic acids is 2. The zero-order valence-electron chi connectivity index (χ0n) is 34.7. The first-order valence-electron chi connectivity index (χ1n) is 22.1. The van der Waals surface area contributed by atoms with E-state index in [2.05, 4.69) is 50.3 Å². The Kier molecular flexibility index (Phi) is 33.6. The molecule has 6 unspecified atom stereocenters. The summed E-state index contributed by atoms with van der Waals surface area (Å²) in [5.74, 6) is -0.832. The lowest BCUT2D eigenvalue weighted by Gasteiger charge is -2.39. The van der Waals surface area contributed by atoms with Crippen LogP contribution >= 0.6 is 0 Å². The molecule has 1 saturated heterocycles. The maximum absolute atomic E-state index is 12.7. The summed E-state index contributed by atoms with van der Waals surface area (Å²) in [7, 11) is 0. The van der Waals surface area contributed by atoms with Crippen molar-refractivity contribution in [3.63, 3.8) is 0 Å². The van der Waals surface area contributed by atoms with Crippen molar-refractivity contribution in [2.45, 2.75) is 218 Å². The van der Waals surface area contributed by atoms with Crippen LogP contribution in [0.25, 0.3) is 0 Å². The van der Waals surface area contributed by atoms with Crippen molar-refractivity contribution in [1.82, 2.24) is 0 Å². The monoisotopic (exact) mass is 781 g/mol. The molecule has 0 spiro atoms.